The van der Waals surface area contributed by atoms with Gasteiger partial charge in [0.25, 0.3) is 0 Å². The average molecular weight is 196 g/mol. The van der Waals surface area contributed by atoms with E-state index in [9.17, 15) is 0 Å². The second-order valence-corrected chi connectivity index (χ2v) is 4.19. The summed E-state index contributed by atoms with van der Waals surface area (Å²) in [5, 5.41) is 15.3. The van der Waals surface area contributed by atoms with Crippen LogP contribution < -0.4 is 10.6 Å². The molecule has 1 saturated heterocycles. The molecule has 2 rings (SSSR count). The van der Waals surface area contributed by atoms with E-state index in [-0.39, 0.29) is 6.29 Å². The summed E-state index contributed by atoms with van der Waals surface area (Å²) in [6.45, 7) is 2.11. The van der Waals surface area contributed by atoms with Crippen LogP contribution in [0.15, 0.2) is 10.2 Å². The van der Waals surface area contributed by atoms with E-state index in [2.05, 4.69) is 20.9 Å². The second-order valence-electron chi connectivity index (χ2n) is 4.19. The highest BCUT2D eigenvalue weighted by molar-refractivity contribution is 4.72. The summed E-state index contributed by atoms with van der Waals surface area (Å²) in [7, 11) is 0. The monoisotopic (exact) mass is 196 g/mol. The molecule has 1 aliphatic heterocycles. The normalized spacial score (nSPS) is 27.1. The molecule has 1 heterocycles. The summed E-state index contributed by atoms with van der Waals surface area (Å²) in [5.41, 5.74) is 0. The zero-order chi connectivity index (χ0) is 9.64. The van der Waals surface area contributed by atoms with Crippen LogP contribution in [0.2, 0.25) is 0 Å². The van der Waals surface area contributed by atoms with Crippen molar-refractivity contribution in [3.05, 3.63) is 0 Å². The summed E-state index contributed by atoms with van der Waals surface area (Å²) in [6, 6.07) is 0.495. The standard InChI is InChI=1S/C10H20N4/c1-2-5-9(6-3-1)13-14-10-11-7-4-8-12-10/h9-12H,1-8H2. The lowest BCUT2D eigenvalue weighted by atomic mass is 9.96. The first-order valence-corrected chi connectivity index (χ1v) is 5.82. The molecule has 0 aromatic rings. The molecule has 2 aliphatic rings. The van der Waals surface area contributed by atoms with Crippen LogP contribution in [-0.2, 0) is 0 Å². The number of nitrogens with one attached hydrogen (secondary N) is 2. The van der Waals surface area contributed by atoms with Crippen LogP contribution in [-0.4, -0.2) is 25.4 Å². The lowest BCUT2D eigenvalue weighted by molar-refractivity contribution is 0.349. The molecule has 2 N–H and O–H groups in total. The molecule has 4 heteroatoms. The Hall–Kier alpha value is -0.480. The van der Waals surface area contributed by atoms with Gasteiger partial charge in [0.05, 0.1) is 6.04 Å². The molecule has 1 saturated carbocycles. The van der Waals surface area contributed by atoms with E-state index in [1.54, 1.807) is 0 Å². The molecule has 2 fully saturated rings. The Morgan fingerprint density at radius 2 is 1.50 bits per heavy atom. The Labute approximate surface area is 85.6 Å². The zero-order valence-electron chi connectivity index (χ0n) is 8.71. The minimum atomic E-state index is 0.0747. The molecule has 0 amide bonds. The third kappa shape index (κ3) is 3.03. The topological polar surface area (TPSA) is 48.8 Å². The zero-order valence-corrected chi connectivity index (χ0v) is 8.71. The summed E-state index contributed by atoms with van der Waals surface area (Å²) in [5.74, 6) is 0. The van der Waals surface area contributed by atoms with E-state index in [1.807, 2.05) is 0 Å². The predicted octanol–water partition coefficient (Wildman–Crippen LogP) is 1.64. The number of rotatable bonds is 2. The first-order chi connectivity index (χ1) is 6.95. The number of nitrogens with zero attached hydrogens (tertiary/aromatic N) is 2. The molecule has 80 valence electrons. The Balaban J connectivity index is 1.73. The van der Waals surface area contributed by atoms with Crippen molar-refractivity contribution in [2.45, 2.75) is 50.9 Å². The molecule has 4 nitrogen and oxygen atoms in total. The Bertz CT molecular complexity index is 161. The fourth-order valence-electron chi connectivity index (χ4n) is 2.08. The summed E-state index contributed by atoms with van der Waals surface area (Å²) < 4.78 is 0. The number of azo groups is 1. The highest BCUT2D eigenvalue weighted by Gasteiger charge is 2.14. The molecule has 0 unspecified atom stereocenters. The first kappa shape index (κ1) is 10.1. The fraction of sp³-hybridized carbons (Fsp3) is 1.00. The second kappa shape index (κ2) is 5.41. The van der Waals surface area contributed by atoms with E-state index in [0.717, 1.165) is 13.1 Å². The van der Waals surface area contributed by atoms with Crippen LogP contribution >= 0.6 is 0 Å². The minimum absolute atomic E-state index is 0.0747. The van der Waals surface area contributed by atoms with Gasteiger partial charge in [-0.25, -0.2) is 0 Å². The van der Waals surface area contributed by atoms with Gasteiger partial charge in [0.1, 0.15) is 0 Å². The summed E-state index contributed by atoms with van der Waals surface area (Å²) in [4.78, 5) is 0. The molecule has 0 aromatic heterocycles. The lowest BCUT2D eigenvalue weighted by Gasteiger charge is -2.22. The first-order valence-electron chi connectivity index (χ1n) is 5.82. The maximum atomic E-state index is 4.41. The van der Waals surface area contributed by atoms with Gasteiger partial charge in [0.15, 0.2) is 6.29 Å². The Morgan fingerprint density at radius 1 is 0.786 bits per heavy atom. The summed E-state index contributed by atoms with van der Waals surface area (Å²) >= 11 is 0. The van der Waals surface area contributed by atoms with E-state index in [1.165, 1.54) is 38.5 Å². The lowest BCUT2D eigenvalue weighted by Crippen LogP contribution is -2.46. The quantitative estimate of drug-likeness (QED) is 0.660. The van der Waals surface area contributed by atoms with Gasteiger partial charge in [-0.1, -0.05) is 19.3 Å². The van der Waals surface area contributed by atoms with Gasteiger partial charge in [-0.05, 0) is 32.4 Å². The molecule has 0 aromatic carbocycles. The fourth-order valence-corrected chi connectivity index (χ4v) is 2.08. The van der Waals surface area contributed by atoms with Crippen molar-refractivity contribution in [3.8, 4) is 0 Å². The number of hydrogen-bond donors (Lipinski definition) is 2. The minimum Gasteiger partial charge on any atom is -0.282 e. The maximum absolute atomic E-state index is 4.41. The van der Waals surface area contributed by atoms with E-state index in [4.69, 9.17) is 0 Å². The average Bonchev–Trinajstić information content (AvgIpc) is 2.29. The van der Waals surface area contributed by atoms with Crippen molar-refractivity contribution in [1.82, 2.24) is 10.6 Å². The summed E-state index contributed by atoms with van der Waals surface area (Å²) in [6.07, 6.45) is 7.77. The van der Waals surface area contributed by atoms with Gasteiger partial charge in [-0.15, -0.1) is 0 Å². The Morgan fingerprint density at radius 3 is 2.21 bits per heavy atom. The van der Waals surface area contributed by atoms with Crippen LogP contribution in [0.5, 0.6) is 0 Å². The van der Waals surface area contributed by atoms with Gasteiger partial charge < -0.3 is 0 Å². The molecule has 0 bridgehead atoms. The van der Waals surface area contributed by atoms with Crippen molar-refractivity contribution in [2.75, 3.05) is 13.1 Å². The van der Waals surface area contributed by atoms with Crippen LogP contribution in [0, 0.1) is 0 Å². The van der Waals surface area contributed by atoms with E-state index < -0.39 is 0 Å². The third-order valence-corrected chi connectivity index (χ3v) is 2.95. The molecule has 0 spiro atoms. The maximum Gasteiger partial charge on any atom is 0.174 e. The highest BCUT2D eigenvalue weighted by Crippen LogP contribution is 2.20. The van der Waals surface area contributed by atoms with Gasteiger partial charge in [-0.2, -0.15) is 10.2 Å². The van der Waals surface area contributed by atoms with E-state index in [0.29, 0.717) is 6.04 Å². The van der Waals surface area contributed by atoms with Crippen molar-refractivity contribution in [1.29, 1.82) is 0 Å². The van der Waals surface area contributed by atoms with Crippen LogP contribution in [0.3, 0.4) is 0 Å². The van der Waals surface area contributed by atoms with Crippen molar-refractivity contribution >= 4 is 0 Å². The van der Waals surface area contributed by atoms with Crippen LogP contribution in [0.4, 0.5) is 0 Å². The smallest absolute Gasteiger partial charge is 0.174 e. The Kier molecular flexibility index (Phi) is 3.89. The highest BCUT2D eigenvalue weighted by atomic mass is 15.3. The molecular formula is C10H20N4. The van der Waals surface area contributed by atoms with Crippen molar-refractivity contribution in [2.24, 2.45) is 10.2 Å². The van der Waals surface area contributed by atoms with Crippen molar-refractivity contribution in [3.63, 3.8) is 0 Å². The third-order valence-electron chi connectivity index (χ3n) is 2.95. The molecule has 14 heavy (non-hydrogen) atoms. The van der Waals surface area contributed by atoms with Gasteiger partial charge >= 0.3 is 0 Å². The molecular weight excluding hydrogens is 176 g/mol. The SMILES string of the molecule is C1CCC(N=NC2NCCCN2)CC1. The predicted molar refractivity (Wildman–Crippen MR) is 56.1 cm³/mol. The van der Waals surface area contributed by atoms with Crippen LogP contribution in [0.25, 0.3) is 0 Å². The van der Waals surface area contributed by atoms with Gasteiger partial charge in [0, 0.05) is 0 Å². The van der Waals surface area contributed by atoms with E-state index >= 15 is 0 Å². The van der Waals surface area contributed by atoms with Crippen molar-refractivity contribution < 1.29 is 0 Å². The largest absolute Gasteiger partial charge is 0.282 e. The van der Waals surface area contributed by atoms with Crippen LogP contribution in [0.1, 0.15) is 38.5 Å². The molecule has 1 aliphatic carbocycles. The molecule has 0 radical (unpaired) electrons. The van der Waals surface area contributed by atoms with Gasteiger partial charge in [0.2, 0.25) is 0 Å². The molecule has 0 atom stereocenters. The number of hydrogen-bond acceptors (Lipinski definition) is 4. The van der Waals surface area contributed by atoms with Gasteiger partial charge in [-0.3, -0.25) is 10.6 Å².